The van der Waals surface area contributed by atoms with E-state index in [0.29, 0.717) is 23.6 Å². The summed E-state index contributed by atoms with van der Waals surface area (Å²) in [6.07, 6.45) is 1.96. The van der Waals surface area contributed by atoms with Crippen LogP contribution in [0.3, 0.4) is 0 Å². The molecule has 2 aliphatic rings. The monoisotopic (exact) mass is 284 g/mol. The highest BCUT2D eigenvalue weighted by Crippen LogP contribution is 2.32. The van der Waals surface area contributed by atoms with Gasteiger partial charge >= 0.3 is 0 Å². The van der Waals surface area contributed by atoms with Gasteiger partial charge in [0, 0.05) is 24.7 Å². The number of benzene rings is 1. The number of fused-ring (bicyclic) bond motifs is 1. The second-order valence-corrected chi connectivity index (χ2v) is 4.72. The molecular formula is C13H17ClN2O3. The zero-order chi connectivity index (χ0) is 12.5. The van der Waals surface area contributed by atoms with Crippen LogP contribution in [-0.2, 0) is 0 Å². The number of piperidine rings is 1. The van der Waals surface area contributed by atoms with Gasteiger partial charge in [-0.3, -0.25) is 4.79 Å². The Morgan fingerprint density at radius 3 is 2.89 bits per heavy atom. The molecule has 2 heterocycles. The average Bonchev–Trinajstić information content (AvgIpc) is 2.85. The van der Waals surface area contributed by atoms with E-state index >= 15 is 0 Å². The molecule has 1 saturated heterocycles. The Bertz CT molecular complexity index is 481. The van der Waals surface area contributed by atoms with Crippen LogP contribution >= 0.6 is 12.4 Å². The van der Waals surface area contributed by atoms with Gasteiger partial charge in [-0.15, -0.1) is 12.4 Å². The van der Waals surface area contributed by atoms with Crippen LogP contribution in [0.4, 0.5) is 0 Å². The molecule has 19 heavy (non-hydrogen) atoms. The number of nitrogens with zero attached hydrogens (tertiary/aromatic N) is 1. The van der Waals surface area contributed by atoms with E-state index in [4.69, 9.17) is 15.2 Å². The molecule has 0 bridgehead atoms. The first-order valence-corrected chi connectivity index (χ1v) is 6.18. The van der Waals surface area contributed by atoms with Gasteiger partial charge in [0.25, 0.3) is 5.91 Å². The molecule has 1 unspecified atom stereocenters. The quantitative estimate of drug-likeness (QED) is 0.847. The lowest BCUT2D eigenvalue weighted by molar-refractivity contribution is 0.0708. The zero-order valence-electron chi connectivity index (χ0n) is 10.5. The lowest BCUT2D eigenvalue weighted by Crippen LogP contribution is -2.45. The van der Waals surface area contributed by atoms with E-state index in [1.807, 2.05) is 4.90 Å². The van der Waals surface area contributed by atoms with Gasteiger partial charge in [-0.2, -0.15) is 0 Å². The van der Waals surface area contributed by atoms with E-state index < -0.39 is 0 Å². The van der Waals surface area contributed by atoms with E-state index in [9.17, 15) is 4.79 Å². The van der Waals surface area contributed by atoms with Crippen molar-refractivity contribution in [2.24, 2.45) is 5.73 Å². The van der Waals surface area contributed by atoms with Gasteiger partial charge in [0.05, 0.1) is 0 Å². The van der Waals surface area contributed by atoms with Gasteiger partial charge in [-0.25, -0.2) is 0 Å². The Hall–Kier alpha value is -1.46. The molecule has 3 rings (SSSR count). The number of rotatable bonds is 1. The average molecular weight is 285 g/mol. The molecule has 1 aromatic carbocycles. The predicted octanol–water partition coefficient (Wildman–Crippen LogP) is 1.40. The van der Waals surface area contributed by atoms with E-state index in [1.54, 1.807) is 18.2 Å². The van der Waals surface area contributed by atoms with E-state index in [1.165, 1.54) is 0 Å². The molecule has 2 N–H and O–H groups in total. The number of carbonyl (C=O) groups excluding carboxylic acids is 1. The molecule has 0 radical (unpaired) electrons. The van der Waals surface area contributed by atoms with Gasteiger partial charge in [0.1, 0.15) is 0 Å². The SMILES string of the molecule is Cl.NC1CCCN(C(=O)c2ccc3c(c2)OCO3)C1. The van der Waals surface area contributed by atoms with Crippen molar-refractivity contribution in [2.75, 3.05) is 19.9 Å². The summed E-state index contributed by atoms with van der Waals surface area (Å²) in [5.74, 6) is 1.35. The number of likely N-dealkylation sites (tertiary alicyclic amines) is 1. The molecular weight excluding hydrogens is 268 g/mol. The number of hydrogen-bond acceptors (Lipinski definition) is 4. The normalized spacial score (nSPS) is 20.9. The molecule has 0 spiro atoms. The smallest absolute Gasteiger partial charge is 0.254 e. The van der Waals surface area contributed by atoms with Crippen molar-refractivity contribution < 1.29 is 14.3 Å². The number of hydrogen-bond donors (Lipinski definition) is 1. The highest BCUT2D eigenvalue weighted by atomic mass is 35.5. The van der Waals surface area contributed by atoms with Crippen LogP contribution in [0.1, 0.15) is 23.2 Å². The zero-order valence-corrected chi connectivity index (χ0v) is 11.3. The molecule has 1 amide bonds. The maximum Gasteiger partial charge on any atom is 0.254 e. The third-order valence-corrected chi connectivity index (χ3v) is 3.36. The fourth-order valence-electron chi connectivity index (χ4n) is 2.41. The summed E-state index contributed by atoms with van der Waals surface area (Å²) in [6, 6.07) is 5.39. The molecule has 5 nitrogen and oxygen atoms in total. The summed E-state index contributed by atoms with van der Waals surface area (Å²) in [4.78, 5) is 14.1. The van der Waals surface area contributed by atoms with Gasteiger partial charge < -0.3 is 20.1 Å². The van der Waals surface area contributed by atoms with Gasteiger partial charge in [-0.1, -0.05) is 0 Å². The first-order chi connectivity index (χ1) is 8.74. The molecule has 1 atom stereocenters. The third kappa shape index (κ3) is 2.77. The van der Waals surface area contributed by atoms with Crippen LogP contribution in [0.25, 0.3) is 0 Å². The minimum Gasteiger partial charge on any atom is -0.454 e. The maximum absolute atomic E-state index is 12.3. The van der Waals surface area contributed by atoms with Gasteiger partial charge in [0.2, 0.25) is 6.79 Å². The molecule has 104 valence electrons. The van der Waals surface area contributed by atoms with E-state index in [0.717, 1.165) is 19.4 Å². The minimum absolute atomic E-state index is 0. The van der Waals surface area contributed by atoms with Crippen LogP contribution in [0.5, 0.6) is 11.5 Å². The fraction of sp³-hybridized carbons (Fsp3) is 0.462. The van der Waals surface area contributed by atoms with Gasteiger partial charge in [-0.05, 0) is 31.0 Å². The second kappa shape index (κ2) is 5.67. The maximum atomic E-state index is 12.3. The van der Waals surface area contributed by atoms with Crippen molar-refractivity contribution in [3.05, 3.63) is 23.8 Å². The van der Waals surface area contributed by atoms with Crippen LogP contribution in [0.15, 0.2) is 18.2 Å². The van der Waals surface area contributed by atoms with Crippen molar-refractivity contribution in [3.8, 4) is 11.5 Å². The molecule has 6 heteroatoms. The van der Waals surface area contributed by atoms with Crippen molar-refractivity contribution >= 4 is 18.3 Å². The van der Waals surface area contributed by atoms with Crippen molar-refractivity contribution in [1.29, 1.82) is 0 Å². The second-order valence-electron chi connectivity index (χ2n) is 4.72. The number of nitrogens with two attached hydrogens (primary N) is 1. The summed E-state index contributed by atoms with van der Waals surface area (Å²) in [7, 11) is 0. The van der Waals surface area contributed by atoms with Crippen LogP contribution in [-0.4, -0.2) is 36.7 Å². The van der Waals surface area contributed by atoms with Gasteiger partial charge in [0.15, 0.2) is 11.5 Å². The van der Waals surface area contributed by atoms with Crippen LogP contribution < -0.4 is 15.2 Å². The number of halogens is 1. The molecule has 1 aromatic rings. The summed E-state index contributed by atoms with van der Waals surface area (Å²) in [5.41, 5.74) is 6.53. The number of ether oxygens (including phenoxy) is 2. The van der Waals surface area contributed by atoms with Crippen molar-refractivity contribution in [2.45, 2.75) is 18.9 Å². The number of amides is 1. The highest BCUT2D eigenvalue weighted by molar-refractivity contribution is 5.95. The van der Waals surface area contributed by atoms with E-state index in [2.05, 4.69) is 0 Å². The third-order valence-electron chi connectivity index (χ3n) is 3.36. The number of carbonyl (C=O) groups is 1. The molecule has 1 fully saturated rings. The standard InChI is InChI=1S/C13H16N2O3.ClH/c14-10-2-1-5-15(7-10)13(16)9-3-4-11-12(6-9)18-8-17-11;/h3-4,6,10H,1-2,5,7-8,14H2;1H. The lowest BCUT2D eigenvalue weighted by atomic mass is 10.1. The molecule has 0 aromatic heterocycles. The van der Waals surface area contributed by atoms with Crippen LogP contribution in [0.2, 0.25) is 0 Å². The Morgan fingerprint density at radius 1 is 1.32 bits per heavy atom. The first kappa shape index (κ1) is 14.0. The summed E-state index contributed by atoms with van der Waals surface area (Å²) in [6.45, 7) is 1.63. The van der Waals surface area contributed by atoms with Crippen LogP contribution in [0, 0.1) is 0 Å². The Labute approximate surface area is 118 Å². The Morgan fingerprint density at radius 2 is 2.11 bits per heavy atom. The molecule has 0 aliphatic carbocycles. The predicted molar refractivity (Wildman–Crippen MR) is 72.9 cm³/mol. The summed E-state index contributed by atoms with van der Waals surface area (Å²) < 4.78 is 10.5. The Kier molecular flexibility index (Phi) is 4.17. The van der Waals surface area contributed by atoms with E-state index in [-0.39, 0.29) is 31.1 Å². The molecule has 2 aliphatic heterocycles. The highest BCUT2D eigenvalue weighted by Gasteiger charge is 2.24. The lowest BCUT2D eigenvalue weighted by Gasteiger charge is -2.30. The largest absolute Gasteiger partial charge is 0.454 e. The Balaban J connectivity index is 0.00000133. The molecule has 0 saturated carbocycles. The topological polar surface area (TPSA) is 64.8 Å². The summed E-state index contributed by atoms with van der Waals surface area (Å²) >= 11 is 0. The summed E-state index contributed by atoms with van der Waals surface area (Å²) in [5, 5.41) is 0. The first-order valence-electron chi connectivity index (χ1n) is 6.18. The minimum atomic E-state index is 0. The van der Waals surface area contributed by atoms with Crippen molar-refractivity contribution in [3.63, 3.8) is 0 Å². The fourth-order valence-corrected chi connectivity index (χ4v) is 2.41. The van der Waals surface area contributed by atoms with Crippen molar-refractivity contribution in [1.82, 2.24) is 4.90 Å².